The van der Waals surface area contributed by atoms with Gasteiger partial charge in [-0.25, -0.2) is 4.79 Å². The standard InChI is InChI=1S/C10H14N2O3/c13-8-10(4-1-2-6-11-8)5-3-7-12(10)9(14)15/h1-2H,3-7H2,(H,11,13)(H,14,15). The average Bonchev–Trinajstić information content (AvgIpc) is 2.53. The Hall–Kier alpha value is -1.52. The van der Waals surface area contributed by atoms with Crippen LogP contribution in [0.2, 0.25) is 0 Å². The first kappa shape index (κ1) is 10.0. The molecule has 0 radical (unpaired) electrons. The van der Waals surface area contributed by atoms with Crippen LogP contribution in [0.25, 0.3) is 0 Å². The third-order valence-electron chi connectivity index (χ3n) is 3.14. The lowest BCUT2D eigenvalue weighted by Crippen LogP contribution is -2.56. The largest absolute Gasteiger partial charge is 0.465 e. The van der Waals surface area contributed by atoms with Gasteiger partial charge in [-0.1, -0.05) is 12.2 Å². The Bertz CT molecular complexity index is 327. The van der Waals surface area contributed by atoms with Gasteiger partial charge in [0, 0.05) is 13.1 Å². The fourth-order valence-corrected chi connectivity index (χ4v) is 2.38. The normalized spacial score (nSPS) is 30.4. The van der Waals surface area contributed by atoms with Crippen LogP contribution in [-0.4, -0.2) is 40.6 Å². The molecule has 2 N–H and O–H groups in total. The third-order valence-corrected chi connectivity index (χ3v) is 3.14. The molecule has 0 aromatic carbocycles. The van der Waals surface area contributed by atoms with Crippen molar-refractivity contribution in [1.82, 2.24) is 10.2 Å². The highest BCUT2D eigenvalue weighted by Crippen LogP contribution is 2.34. The van der Waals surface area contributed by atoms with E-state index in [1.54, 1.807) is 0 Å². The Kier molecular flexibility index (Phi) is 2.38. The summed E-state index contributed by atoms with van der Waals surface area (Å²) in [5, 5.41) is 11.8. The lowest BCUT2D eigenvalue weighted by Gasteiger charge is -2.33. The van der Waals surface area contributed by atoms with Gasteiger partial charge in [-0.3, -0.25) is 9.69 Å². The molecule has 1 saturated heterocycles. The summed E-state index contributed by atoms with van der Waals surface area (Å²) in [6.45, 7) is 0.949. The van der Waals surface area contributed by atoms with Crippen molar-refractivity contribution in [2.75, 3.05) is 13.1 Å². The summed E-state index contributed by atoms with van der Waals surface area (Å²) in [5.41, 5.74) is -0.848. The summed E-state index contributed by atoms with van der Waals surface area (Å²) in [4.78, 5) is 24.2. The highest BCUT2D eigenvalue weighted by Gasteiger charge is 2.49. The van der Waals surface area contributed by atoms with Crippen molar-refractivity contribution in [3.63, 3.8) is 0 Å². The highest BCUT2D eigenvalue weighted by atomic mass is 16.4. The molecule has 1 spiro atoms. The van der Waals surface area contributed by atoms with Crippen molar-refractivity contribution in [2.24, 2.45) is 0 Å². The van der Waals surface area contributed by atoms with E-state index in [1.165, 1.54) is 4.90 Å². The summed E-state index contributed by atoms with van der Waals surface area (Å²) in [7, 11) is 0. The average molecular weight is 210 g/mol. The van der Waals surface area contributed by atoms with Crippen LogP contribution in [0.3, 0.4) is 0 Å². The van der Waals surface area contributed by atoms with E-state index < -0.39 is 11.6 Å². The van der Waals surface area contributed by atoms with Gasteiger partial charge in [0.1, 0.15) is 5.54 Å². The zero-order valence-corrected chi connectivity index (χ0v) is 8.40. The molecule has 0 aliphatic carbocycles. The Morgan fingerprint density at radius 1 is 1.53 bits per heavy atom. The van der Waals surface area contributed by atoms with Crippen molar-refractivity contribution in [3.05, 3.63) is 12.2 Å². The van der Waals surface area contributed by atoms with Gasteiger partial charge in [0.15, 0.2) is 0 Å². The monoisotopic (exact) mass is 210 g/mol. The molecule has 0 aromatic heterocycles. The van der Waals surface area contributed by atoms with E-state index in [0.29, 0.717) is 25.9 Å². The number of carboxylic acid groups (broad SMARTS) is 1. The predicted molar refractivity (Wildman–Crippen MR) is 53.5 cm³/mol. The number of rotatable bonds is 0. The zero-order chi connectivity index (χ0) is 10.9. The lowest BCUT2D eigenvalue weighted by atomic mass is 9.91. The summed E-state index contributed by atoms with van der Waals surface area (Å²) >= 11 is 0. The van der Waals surface area contributed by atoms with Crippen LogP contribution in [0.5, 0.6) is 0 Å². The third kappa shape index (κ3) is 1.48. The minimum absolute atomic E-state index is 0.160. The van der Waals surface area contributed by atoms with Gasteiger partial charge in [0.05, 0.1) is 0 Å². The van der Waals surface area contributed by atoms with E-state index in [-0.39, 0.29) is 5.91 Å². The molecule has 82 valence electrons. The summed E-state index contributed by atoms with van der Waals surface area (Å²) in [6.07, 6.45) is 4.62. The fourth-order valence-electron chi connectivity index (χ4n) is 2.38. The van der Waals surface area contributed by atoms with Crippen LogP contribution in [0.1, 0.15) is 19.3 Å². The maximum absolute atomic E-state index is 11.9. The topological polar surface area (TPSA) is 69.6 Å². The van der Waals surface area contributed by atoms with Gasteiger partial charge in [-0.05, 0) is 19.3 Å². The van der Waals surface area contributed by atoms with E-state index in [4.69, 9.17) is 5.11 Å². The molecule has 5 nitrogen and oxygen atoms in total. The molecule has 5 heteroatoms. The molecule has 2 heterocycles. The van der Waals surface area contributed by atoms with Gasteiger partial charge in [-0.2, -0.15) is 0 Å². The maximum Gasteiger partial charge on any atom is 0.408 e. The second-order valence-corrected chi connectivity index (χ2v) is 3.95. The van der Waals surface area contributed by atoms with E-state index in [2.05, 4.69) is 5.32 Å². The van der Waals surface area contributed by atoms with E-state index >= 15 is 0 Å². The first-order valence-electron chi connectivity index (χ1n) is 5.11. The smallest absolute Gasteiger partial charge is 0.408 e. The number of carbonyl (C=O) groups is 2. The quantitative estimate of drug-likeness (QED) is 0.574. The van der Waals surface area contributed by atoms with Crippen molar-refractivity contribution in [1.29, 1.82) is 0 Å². The minimum atomic E-state index is -1.00. The van der Waals surface area contributed by atoms with Gasteiger partial charge in [0.25, 0.3) is 0 Å². The van der Waals surface area contributed by atoms with Crippen molar-refractivity contribution >= 4 is 12.0 Å². The molecular weight excluding hydrogens is 196 g/mol. The second-order valence-electron chi connectivity index (χ2n) is 3.95. The number of nitrogens with zero attached hydrogens (tertiary/aromatic N) is 1. The van der Waals surface area contributed by atoms with E-state index in [0.717, 1.165) is 6.42 Å². The molecule has 2 amide bonds. The van der Waals surface area contributed by atoms with Crippen molar-refractivity contribution < 1.29 is 14.7 Å². The van der Waals surface area contributed by atoms with Gasteiger partial charge in [-0.15, -0.1) is 0 Å². The van der Waals surface area contributed by atoms with Crippen molar-refractivity contribution in [3.8, 4) is 0 Å². The minimum Gasteiger partial charge on any atom is -0.465 e. The molecule has 2 aliphatic heterocycles. The Balaban J connectivity index is 2.32. The molecule has 2 aliphatic rings. The number of amides is 2. The second kappa shape index (κ2) is 3.56. The Morgan fingerprint density at radius 2 is 2.33 bits per heavy atom. The van der Waals surface area contributed by atoms with Gasteiger partial charge < -0.3 is 10.4 Å². The SMILES string of the molecule is O=C(O)N1CCCC12CC=CCNC2=O. The summed E-state index contributed by atoms with van der Waals surface area (Å²) < 4.78 is 0. The number of hydrogen-bond acceptors (Lipinski definition) is 2. The molecule has 15 heavy (non-hydrogen) atoms. The highest BCUT2D eigenvalue weighted by molar-refractivity contribution is 5.90. The molecular formula is C10H14N2O3. The molecule has 0 aromatic rings. The first-order chi connectivity index (χ1) is 7.17. The molecule has 0 saturated carbocycles. The number of likely N-dealkylation sites (tertiary alicyclic amines) is 1. The van der Waals surface area contributed by atoms with Gasteiger partial charge >= 0.3 is 6.09 Å². The summed E-state index contributed by atoms with van der Waals surface area (Å²) in [6, 6.07) is 0. The van der Waals surface area contributed by atoms with Crippen LogP contribution in [0.15, 0.2) is 12.2 Å². The lowest BCUT2D eigenvalue weighted by molar-refractivity contribution is -0.130. The predicted octanol–water partition coefficient (Wildman–Crippen LogP) is 0.575. The number of nitrogens with one attached hydrogen (secondary N) is 1. The molecule has 2 rings (SSSR count). The Labute approximate surface area is 87.7 Å². The molecule has 1 atom stereocenters. The van der Waals surface area contributed by atoms with Crippen LogP contribution in [-0.2, 0) is 4.79 Å². The molecule has 1 fully saturated rings. The molecule has 1 unspecified atom stereocenters. The Morgan fingerprint density at radius 3 is 3.07 bits per heavy atom. The van der Waals surface area contributed by atoms with Crippen LogP contribution >= 0.6 is 0 Å². The fraction of sp³-hybridized carbons (Fsp3) is 0.600. The van der Waals surface area contributed by atoms with Crippen LogP contribution < -0.4 is 5.32 Å². The van der Waals surface area contributed by atoms with E-state index in [9.17, 15) is 9.59 Å². The van der Waals surface area contributed by atoms with Crippen molar-refractivity contribution in [2.45, 2.75) is 24.8 Å². The maximum atomic E-state index is 11.9. The van der Waals surface area contributed by atoms with Crippen LogP contribution in [0, 0.1) is 0 Å². The molecule has 0 bridgehead atoms. The van der Waals surface area contributed by atoms with Gasteiger partial charge in [0.2, 0.25) is 5.91 Å². The first-order valence-corrected chi connectivity index (χ1v) is 5.11. The number of hydrogen-bond donors (Lipinski definition) is 2. The number of carbonyl (C=O) groups excluding carboxylic acids is 1. The van der Waals surface area contributed by atoms with E-state index in [1.807, 2.05) is 12.2 Å². The van der Waals surface area contributed by atoms with Crippen LogP contribution in [0.4, 0.5) is 4.79 Å². The zero-order valence-electron chi connectivity index (χ0n) is 8.40. The summed E-state index contributed by atoms with van der Waals surface area (Å²) in [5.74, 6) is -0.160.